The zero-order chi connectivity index (χ0) is 26.0. The summed E-state index contributed by atoms with van der Waals surface area (Å²) in [4.78, 5) is 12.5. The minimum Gasteiger partial charge on any atom is -0.487 e. The number of carbonyl (C=O) groups is 1. The molecule has 0 saturated heterocycles. The van der Waals surface area contributed by atoms with Crippen LogP contribution in [0.2, 0.25) is 10.0 Å². The minimum absolute atomic E-state index is 0.00802. The Morgan fingerprint density at radius 3 is 2.17 bits per heavy atom. The maximum absolute atomic E-state index is 13.9. The molecule has 0 bridgehead atoms. The van der Waals surface area contributed by atoms with E-state index in [2.05, 4.69) is 10.4 Å². The number of hydrogen-bond acceptors (Lipinski definition) is 3. The van der Waals surface area contributed by atoms with Crippen LogP contribution < -0.4 is 10.1 Å². The van der Waals surface area contributed by atoms with Gasteiger partial charge in [0.1, 0.15) is 12.4 Å². The van der Waals surface area contributed by atoms with Crippen molar-refractivity contribution in [3.8, 4) is 5.75 Å². The summed E-state index contributed by atoms with van der Waals surface area (Å²) in [5, 5.41) is 7.22. The Morgan fingerprint density at radius 2 is 1.53 bits per heavy atom. The van der Waals surface area contributed by atoms with Crippen LogP contribution in [0.1, 0.15) is 21.5 Å². The van der Waals surface area contributed by atoms with Crippen LogP contribution in [0.4, 0.5) is 27.8 Å². The molecular weight excluding hydrogens is 528 g/mol. The van der Waals surface area contributed by atoms with Crippen molar-refractivity contribution in [3.63, 3.8) is 0 Å². The molecule has 1 amide bonds. The van der Waals surface area contributed by atoms with Gasteiger partial charge in [0.15, 0.2) is 29.1 Å². The predicted molar refractivity (Wildman–Crippen MR) is 123 cm³/mol. The molecule has 0 unspecified atom stereocenters. The topological polar surface area (TPSA) is 56.2 Å². The van der Waals surface area contributed by atoms with Crippen molar-refractivity contribution in [3.05, 3.63) is 111 Å². The van der Waals surface area contributed by atoms with Gasteiger partial charge in [-0.2, -0.15) is 5.10 Å². The van der Waals surface area contributed by atoms with Gasteiger partial charge in [-0.05, 0) is 35.9 Å². The summed E-state index contributed by atoms with van der Waals surface area (Å²) in [5.41, 5.74) is -0.0210. The molecule has 0 spiro atoms. The molecule has 1 N–H and O–H groups in total. The van der Waals surface area contributed by atoms with Gasteiger partial charge in [-0.3, -0.25) is 9.48 Å². The molecule has 186 valence electrons. The first-order valence-corrected chi connectivity index (χ1v) is 10.9. The highest BCUT2D eigenvalue weighted by Gasteiger charge is 2.26. The summed E-state index contributed by atoms with van der Waals surface area (Å²) in [7, 11) is 0. The van der Waals surface area contributed by atoms with Crippen LogP contribution in [0.5, 0.6) is 5.75 Å². The van der Waals surface area contributed by atoms with E-state index in [1.807, 2.05) is 0 Å². The minimum atomic E-state index is -2.24. The smallest absolute Gasteiger partial charge is 0.256 e. The van der Waals surface area contributed by atoms with E-state index < -0.39 is 47.1 Å². The zero-order valence-corrected chi connectivity index (χ0v) is 19.5. The third-order valence-electron chi connectivity index (χ3n) is 5.01. The molecule has 3 aromatic carbocycles. The maximum atomic E-state index is 13.9. The molecule has 4 rings (SSSR count). The van der Waals surface area contributed by atoms with E-state index in [1.54, 1.807) is 42.5 Å². The standard InChI is InChI=1S/C24H14Cl2F5N3O2/c25-14-5-6-17(16(26)9-14)36-11-12-1-3-13(4-2-12)24(35)32-18-7-8-34(33-18)10-15-19(27)21(29)23(31)22(30)20(15)28/h1-9H,10-11H2,(H,32,33,35). The van der Waals surface area contributed by atoms with Gasteiger partial charge in [0.25, 0.3) is 5.91 Å². The number of hydrogen-bond donors (Lipinski definition) is 1. The Kier molecular flexibility index (Phi) is 7.46. The van der Waals surface area contributed by atoms with Crippen LogP contribution in [0, 0.1) is 29.1 Å². The second-order valence-corrected chi connectivity index (χ2v) is 8.31. The number of benzene rings is 3. The molecule has 12 heteroatoms. The van der Waals surface area contributed by atoms with Crippen LogP contribution in [-0.2, 0) is 13.2 Å². The van der Waals surface area contributed by atoms with Crippen LogP contribution in [0.3, 0.4) is 0 Å². The third kappa shape index (κ3) is 5.44. The lowest BCUT2D eigenvalue weighted by atomic mass is 10.1. The van der Waals surface area contributed by atoms with E-state index in [-0.39, 0.29) is 18.0 Å². The summed E-state index contributed by atoms with van der Waals surface area (Å²) in [6, 6.07) is 12.6. The van der Waals surface area contributed by atoms with E-state index >= 15 is 0 Å². The van der Waals surface area contributed by atoms with Crippen molar-refractivity contribution < 1.29 is 31.5 Å². The highest BCUT2D eigenvalue weighted by atomic mass is 35.5. The Morgan fingerprint density at radius 1 is 0.889 bits per heavy atom. The molecule has 0 aliphatic rings. The van der Waals surface area contributed by atoms with Gasteiger partial charge >= 0.3 is 0 Å². The number of halogens is 7. The molecule has 0 aliphatic heterocycles. The summed E-state index contributed by atoms with van der Waals surface area (Å²) < 4.78 is 74.4. The molecule has 1 heterocycles. The number of carbonyl (C=O) groups excluding carboxylic acids is 1. The van der Waals surface area contributed by atoms with Gasteiger partial charge in [0.2, 0.25) is 5.82 Å². The molecule has 0 saturated carbocycles. The van der Waals surface area contributed by atoms with Crippen LogP contribution in [0.15, 0.2) is 54.7 Å². The predicted octanol–water partition coefficient (Wildman–Crippen LogP) is 6.77. The largest absolute Gasteiger partial charge is 0.487 e. The normalized spacial score (nSPS) is 11.0. The van der Waals surface area contributed by atoms with Gasteiger partial charge in [-0.25, -0.2) is 22.0 Å². The van der Waals surface area contributed by atoms with Gasteiger partial charge in [0.05, 0.1) is 17.1 Å². The number of aromatic nitrogens is 2. The first-order chi connectivity index (χ1) is 17.1. The molecule has 5 nitrogen and oxygen atoms in total. The van der Waals surface area contributed by atoms with E-state index in [1.165, 1.54) is 12.3 Å². The number of anilines is 1. The van der Waals surface area contributed by atoms with E-state index in [4.69, 9.17) is 27.9 Å². The fourth-order valence-corrected chi connectivity index (χ4v) is 3.62. The molecule has 36 heavy (non-hydrogen) atoms. The second-order valence-electron chi connectivity index (χ2n) is 7.46. The highest BCUT2D eigenvalue weighted by molar-refractivity contribution is 6.35. The van der Waals surface area contributed by atoms with Crippen LogP contribution in [-0.4, -0.2) is 15.7 Å². The van der Waals surface area contributed by atoms with Crippen molar-refractivity contribution in [2.24, 2.45) is 0 Å². The Bertz CT molecular complexity index is 1420. The van der Waals surface area contributed by atoms with Crippen molar-refractivity contribution in [1.29, 1.82) is 0 Å². The van der Waals surface area contributed by atoms with Gasteiger partial charge in [-0.15, -0.1) is 0 Å². The van der Waals surface area contributed by atoms with E-state index in [0.29, 0.717) is 15.8 Å². The zero-order valence-electron chi connectivity index (χ0n) is 18.0. The fraction of sp³-hybridized carbons (Fsp3) is 0.0833. The molecular formula is C24H14Cl2F5N3O2. The number of nitrogens with one attached hydrogen (secondary N) is 1. The average Bonchev–Trinajstić information content (AvgIpc) is 3.30. The van der Waals surface area contributed by atoms with E-state index in [0.717, 1.165) is 10.2 Å². The van der Waals surface area contributed by atoms with E-state index in [9.17, 15) is 26.7 Å². The second kappa shape index (κ2) is 10.5. The first-order valence-electron chi connectivity index (χ1n) is 10.2. The van der Waals surface area contributed by atoms with Gasteiger partial charge in [0, 0.05) is 22.8 Å². The Balaban J connectivity index is 1.38. The van der Waals surface area contributed by atoms with Crippen molar-refractivity contribution in [2.75, 3.05) is 5.32 Å². The van der Waals surface area contributed by atoms with Crippen LogP contribution in [0.25, 0.3) is 0 Å². The van der Waals surface area contributed by atoms with Crippen molar-refractivity contribution in [2.45, 2.75) is 13.2 Å². The molecule has 0 atom stereocenters. The summed E-state index contributed by atoms with van der Waals surface area (Å²) in [6.45, 7) is -0.556. The maximum Gasteiger partial charge on any atom is 0.256 e. The van der Waals surface area contributed by atoms with Crippen molar-refractivity contribution in [1.82, 2.24) is 9.78 Å². The summed E-state index contributed by atoms with van der Waals surface area (Å²) in [5.74, 6) is -10.3. The quantitative estimate of drug-likeness (QED) is 0.160. The number of amides is 1. The average molecular weight is 542 g/mol. The summed E-state index contributed by atoms with van der Waals surface area (Å²) in [6.07, 6.45) is 1.22. The monoisotopic (exact) mass is 541 g/mol. The molecule has 0 fully saturated rings. The first kappa shape index (κ1) is 25.5. The lowest BCUT2D eigenvalue weighted by Gasteiger charge is -2.09. The number of rotatable bonds is 7. The molecule has 4 aromatic rings. The summed E-state index contributed by atoms with van der Waals surface area (Å²) >= 11 is 11.9. The van der Waals surface area contributed by atoms with Gasteiger partial charge in [-0.1, -0.05) is 35.3 Å². The van der Waals surface area contributed by atoms with Crippen LogP contribution >= 0.6 is 23.2 Å². The third-order valence-corrected chi connectivity index (χ3v) is 5.54. The molecule has 0 aliphatic carbocycles. The SMILES string of the molecule is O=C(Nc1ccn(Cc2c(F)c(F)c(F)c(F)c2F)n1)c1ccc(COc2ccc(Cl)cc2Cl)cc1. The van der Waals surface area contributed by atoms with Gasteiger partial charge < -0.3 is 10.1 Å². The fourth-order valence-electron chi connectivity index (χ4n) is 3.16. The highest BCUT2D eigenvalue weighted by Crippen LogP contribution is 2.28. The Hall–Kier alpha value is -3.63. The Labute approximate surface area is 211 Å². The molecule has 1 aromatic heterocycles. The molecule has 0 radical (unpaired) electrons. The number of ether oxygens (including phenoxy) is 1. The lowest BCUT2D eigenvalue weighted by Crippen LogP contribution is -2.14. The van der Waals surface area contributed by atoms with Crippen molar-refractivity contribution >= 4 is 34.9 Å². The lowest BCUT2D eigenvalue weighted by molar-refractivity contribution is 0.102. The number of nitrogens with zero attached hydrogens (tertiary/aromatic N) is 2.